The molecule has 84 valence electrons. The summed E-state index contributed by atoms with van der Waals surface area (Å²) in [5, 5.41) is 11.9. The molecule has 0 amide bonds. The van der Waals surface area contributed by atoms with Crippen molar-refractivity contribution >= 4 is 5.97 Å². The molecule has 1 rings (SSSR count). The molecule has 1 heterocycles. The number of rotatable bonds is 6. The minimum Gasteiger partial charge on any atom is -0.480 e. The predicted molar refractivity (Wildman–Crippen MR) is 56.6 cm³/mol. The van der Waals surface area contributed by atoms with Crippen molar-refractivity contribution in [3.8, 4) is 0 Å². The number of aliphatic carboxylic acids is 1. The molecule has 15 heavy (non-hydrogen) atoms. The number of imidazole rings is 1. The van der Waals surface area contributed by atoms with E-state index < -0.39 is 12.0 Å². The maximum Gasteiger partial charge on any atom is 0.320 e. The molecule has 0 fully saturated rings. The molecule has 0 aliphatic heterocycles. The van der Waals surface area contributed by atoms with E-state index in [1.807, 2.05) is 13.8 Å². The molecule has 1 atom stereocenters. The summed E-state index contributed by atoms with van der Waals surface area (Å²) in [6.45, 7) is 4.39. The fraction of sp³-hybridized carbons (Fsp3) is 0.600. The third-order valence-corrected chi connectivity index (χ3v) is 2.21. The van der Waals surface area contributed by atoms with Crippen LogP contribution in [0.2, 0.25) is 0 Å². The van der Waals surface area contributed by atoms with Gasteiger partial charge in [0.25, 0.3) is 0 Å². The van der Waals surface area contributed by atoms with Crippen LogP contribution in [0.3, 0.4) is 0 Å². The Balaban J connectivity index is 2.31. The van der Waals surface area contributed by atoms with Crippen molar-refractivity contribution in [2.24, 2.45) is 5.92 Å². The van der Waals surface area contributed by atoms with Crippen LogP contribution in [-0.2, 0) is 11.2 Å². The van der Waals surface area contributed by atoms with E-state index in [1.165, 1.54) is 0 Å². The van der Waals surface area contributed by atoms with Gasteiger partial charge in [-0.25, -0.2) is 4.98 Å². The molecular weight excluding hydrogens is 194 g/mol. The first-order valence-electron chi connectivity index (χ1n) is 5.05. The number of nitrogens with one attached hydrogen (secondary N) is 2. The topological polar surface area (TPSA) is 78.0 Å². The van der Waals surface area contributed by atoms with E-state index in [0.29, 0.717) is 13.0 Å². The molecule has 0 bridgehead atoms. The standard InChI is InChI=1S/C10H17N3O2/c1-7(2)9(10(14)15)13-4-3-8-11-5-6-12-8/h5-7,9,13H,3-4H2,1-2H3,(H,11,12)(H,14,15)/t9-/m0/s1. The van der Waals surface area contributed by atoms with Crippen molar-refractivity contribution in [3.05, 3.63) is 18.2 Å². The highest BCUT2D eigenvalue weighted by atomic mass is 16.4. The van der Waals surface area contributed by atoms with Gasteiger partial charge in [-0.2, -0.15) is 0 Å². The van der Waals surface area contributed by atoms with Crippen molar-refractivity contribution in [2.45, 2.75) is 26.3 Å². The normalized spacial score (nSPS) is 13.0. The Morgan fingerprint density at radius 2 is 2.40 bits per heavy atom. The van der Waals surface area contributed by atoms with E-state index >= 15 is 0 Å². The fourth-order valence-corrected chi connectivity index (χ4v) is 1.39. The molecule has 0 aliphatic rings. The maximum atomic E-state index is 10.8. The molecule has 5 nitrogen and oxygen atoms in total. The highest BCUT2D eigenvalue weighted by Crippen LogP contribution is 2.01. The molecule has 3 N–H and O–H groups in total. The van der Waals surface area contributed by atoms with E-state index in [0.717, 1.165) is 5.82 Å². The summed E-state index contributed by atoms with van der Waals surface area (Å²) in [6.07, 6.45) is 4.16. The Hall–Kier alpha value is -1.36. The van der Waals surface area contributed by atoms with E-state index in [4.69, 9.17) is 5.11 Å². The van der Waals surface area contributed by atoms with Gasteiger partial charge >= 0.3 is 5.97 Å². The quantitative estimate of drug-likeness (QED) is 0.645. The van der Waals surface area contributed by atoms with Crippen LogP contribution in [0.5, 0.6) is 0 Å². The Kier molecular flexibility index (Phi) is 4.30. The van der Waals surface area contributed by atoms with Gasteiger partial charge in [-0.3, -0.25) is 4.79 Å². The highest BCUT2D eigenvalue weighted by Gasteiger charge is 2.19. The SMILES string of the molecule is CC(C)[C@H](NCCc1ncc[nH]1)C(=O)O. The van der Waals surface area contributed by atoms with Crippen molar-refractivity contribution in [1.29, 1.82) is 0 Å². The Labute approximate surface area is 88.9 Å². The van der Waals surface area contributed by atoms with Crippen molar-refractivity contribution in [3.63, 3.8) is 0 Å². The summed E-state index contributed by atoms with van der Waals surface area (Å²) >= 11 is 0. The molecule has 0 unspecified atom stereocenters. The third-order valence-electron chi connectivity index (χ3n) is 2.21. The Morgan fingerprint density at radius 3 is 2.87 bits per heavy atom. The lowest BCUT2D eigenvalue weighted by atomic mass is 10.0. The number of hydrogen-bond acceptors (Lipinski definition) is 3. The van der Waals surface area contributed by atoms with Crippen LogP contribution < -0.4 is 5.32 Å². The number of aromatic nitrogens is 2. The van der Waals surface area contributed by atoms with Crippen LogP contribution in [0.1, 0.15) is 19.7 Å². The first-order chi connectivity index (χ1) is 7.11. The highest BCUT2D eigenvalue weighted by molar-refractivity contribution is 5.73. The van der Waals surface area contributed by atoms with Gasteiger partial charge in [-0.1, -0.05) is 13.8 Å². The molecule has 0 aliphatic carbocycles. The molecule has 0 saturated heterocycles. The first-order valence-corrected chi connectivity index (χ1v) is 5.05. The number of carboxylic acid groups (broad SMARTS) is 1. The second-order valence-corrected chi connectivity index (χ2v) is 3.80. The molecule has 0 aromatic carbocycles. The number of hydrogen-bond donors (Lipinski definition) is 3. The monoisotopic (exact) mass is 211 g/mol. The van der Waals surface area contributed by atoms with Gasteiger partial charge in [0.05, 0.1) is 0 Å². The Bertz CT molecular complexity index is 296. The zero-order valence-electron chi connectivity index (χ0n) is 9.03. The number of aromatic amines is 1. The minimum atomic E-state index is -0.801. The van der Waals surface area contributed by atoms with Crippen molar-refractivity contribution < 1.29 is 9.90 Å². The zero-order chi connectivity index (χ0) is 11.3. The molecule has 0 spiro atoms. The van der Waals surface area contributed by atoms with Crippen LogP contribution in [0.15, 0.2) is 12.4 Å². The lowest BCUT2D eigenvalue weighted by molar-refractivity contribution is -0.140. The summed E-state index contributed by atoms with van der Waals surface area (Å²) in [4.78, 5) is 17.9. The number of nitrogens with zero attached hydrogens (tertiary/aromatic N) is 1. The van der Waals surface area contributed by atoms with Gasteiger partial charge < -0.3 is 15.4 Å². The second kappa shape index (κ2) is 5.50. The average Bonchev–Trinajstić information content (AvgIpc) is 2.63. The second-order valence-electron chi connectivity index (χ2n) is 3.80. The van der Waals surface area contributed by atoms with Crippen LogP contribution >= 0.6 is 0 Å². The largest absolute Gasteiger partial charge is 0.480 e. The summed E-state index contributed by atoms with van der Waals surface area (Å²) < 4.78 is 0. The predicted octanol–water partition coefficient (Wildman–Crippen LogP) is 0.651. The lowest BCUT2D eigenvalue weighted by Crippen LogP contribution is -2.41. The molecule has 0 saturated carbocycles. The number of carbonyl (C=O) groups is 1. The number of carboxylic acids is 1. The van der Waals surface area contributed by atoms with Crippen LogP contribution in [0.25, 0.3) is 0 Å². The lowest BCUT2D eigenvalue weighted by Gasteiger charge is -2.17. The zero-order valence-corrected chi connectivity index (χ0v) is 9.03. The smallest absolute Gasteiger partial charge is 0.320 e. The van der Waals surface area contributed by atoms with E-state index in [1.54, 1.807) is 12.4 Å². The van der Waals surface area contributed by atoms with Crippen LogP contribution in [0.4, 0.5) is 0 Å². The van der Waals surface area contributed by atoms with E-state index in [9.17, 15) is 4.79 Å². The summed E-state index contributed by atoms with van der Waals surface area (Å²) in [5.74, 6) is 0.152. The minimum absolute atomic E-state index is 0.0825. The molecule has 0 radical (unpaired) electrons. The van der Waals surface area contributed by atoms with E-state index in [-0.39, 0.29) is 5.92 Å². The fourth-order valence-electron chi connectivity index (χ4n) is 1.39. The van der Waals surface area contributed by atoms with Gasteiger partial charge in [0.2, 0.25) is 0 Å². The molecule has 5 heteroatoms. The first kappa shape index (κ1) is 11.7. The molecule has 1 aromatic heterocycles. The summed E-state index contributed by atoms with van der Waals surface area (Å²) in [7, 11) is 0. The Morgan fingerprint density at radius 1 is 1.67 bits per heavy atom. The average molecular weight is 211 g/mol. The number of H-pyrrole nitrogens is 1. The van der Waals surface area contributed by atoms with Crippen molar-refractivity contribution in [2.75, 3.05) is 6.54 Å². The molecule has 1 aromatic rings. The third kappa shape index (κ3) is 3.71. The van der Waals surface area contributed by atoms with Crippen molar-refractivity contribution in [1.82, 2.24) is 15.3 Å². The maximum absolute atomic E-state index is 10.8. The van der Waals surface area contributed by atoms with Crippen LogP contribution in [-0.4, -0.2) is 33.6 Å². The van der Waals surface area contributed by atoms with E-state index in [2.05, 4.69) is 15.3 Å². The van der Waals surface area contributed by atoms with Gasteiger partial charge in [0, 0.05) is 25.4 Å². The summed E-state index contributed by atoms with van der Waals surface area (Å²) in [5.41, 5.74) is 0. The van der Waals surface area contributed by atoms with Gasteiger partial charge in [-0.15, -0.1) is 0 Å². The van der Waals surface area contributed by atoms with Gasteiger partial charge in [0.15, 0.2) is 0 Å². The van der Waals surface area contributed by atoms with Crippen LogP contribution in [0, 0.1) is 5.92 Å². The molecular formula is C10H17N3O2. The summed E-state index contributed by atoms with van der Waals surface area (Å²) in [6, 6.07) is -0.486. The van der Waals surface area contributed by atoms with Gasteiger partial charge in [-0.05, 0) is 5.92 Å². The van der Waals surface area contributed by atoms with Gasteiger partial charge in [0.1, 0.15) is 11.9 Å².